The van der Waals surface area contributed by atoms with Crippen molar-refractivity contribution >= 4 is 28.6 Å². The van der Waals surface area contributed by atoms with Crippen molar-refractivity contribution < 1.29 is 0 Å². The Kier molecular flexibility index (Phi) is 3.46. The second-order valence-corrected chi connectivity index (χ2v) is 5.04. The van der Waals surface area contributed by atoms with Gasteiger partial charge in [0, 0.05) is 19.0 Å². The first kappa shape index (κ1) is 12.8. The van der Waals surface area contributed by atoms with Gasteiger partial charge in [0.05, 0.1) is 5.52 Å². The molecule has 0 fully saturated rings. The van der Waals surface area contributed by atoms with E-state index in [0.29, 0.717) is 11.1 Å². The van der Waals surface area contributed by atoms with Crippen LogP contribution < -0.4 is 5.32 Å². The molecule has 0 radical (unpaired) electrons. The molecule has 0 unspecified atom stereocenters. The molecule has 8 heteroatoms. The number of hydrogen-bond donors (Lipinski definition) is 1. The molecule has 1 aromatic carbocycles. The van der Waals surface area contributed by atoms with Gasteiger partial charge in [0.15, 0.2) is 0 Å². The fraction of sp³-hybridized carbons (Fsp3) is 0.250. The molecule has 0 atom stereocenters. The summed E-state index contributed by atoms with van der Waals surface area (Å²) >= 11 is 1.43. The fourth-order valence-corrected chi connectivity index (χ4v) is 2.59. The smallest absolute Gasteiger partial charge is 0.224 e. The van der Waals surface area contributed by atoms with Gasteiger partial charge >= 0.3 is 0 Å². The Morgan fingerprint density at radius 2 is 2.10 bits per heavy atom. The molecule has 0 saturated heterocycles. The molecule has 0 bridgehead atoms. The molecular formula is C12H13N7S. The maximum atomic E-state index is 4.54. The van der Waals surface area contributed by atoms with Crippen LogP contribution in [0.25, 0.3) is 10.9 Å². The van der Waals surface area contributed by atoms with Gasteiger partial charge in [-0.2, -0.15) is 0 Å². The quantitative estimate of drug-likeness (QED) is 0.732. The van der Waals surface area contributed by atoms with Crippen LogP contribution in [-0.4, -0.2) is 36.7 Å². The average molecular weight is 287 g/mol. The van der Waals surface area contributed by atoms with E-state index in [1.165, 1.54) is 11.8 Å². The Bertz CT molecular complexity index is 740. The van der Waals surface area contributed by atoms with Crippen LogP contribution in [0.4, 0.5) is 5.95 Å². The predicted molar refractivity (Wildman–Crippen MR) is 76.6 cm³/mol. The summed E-state index contributed by atoms with van der Waals surface area (Å²) in [5.41, 5.74) is 0.899. The molecule has 20 heavy (non-hydrogen) atoms. The minimum Gasteiger partial charge on any atom is -0.354 e. The van der Waals surface area contributed by atoms with Crippen molar-refractivity contribution in [2.75, 3.05) is 11.9 Å². The molecule has 0 saturated carbocycles. The second kappa shape index (κ2) is 5.41. The Labute approximate surface area is 119 Å². The molecule has 2 heterocycles. The van der Waals surface area contributed by atoms with E-state index in [2.05, 4.69) is 30.8 Å². The topological polar surface area (TPSA) is 81.4 Å². The SMILES string of the molecule is CCNc1nc(Sc2nnnn2C)c2ccccc2n1. The zero-order chi connectivity index (χ0) is 13.9. The van der Waals surface area contributed by atoms with Gasteiger partial charge in [0.1, 0.15) is 5.03 Å². The largest absolute Gasteiger partial charge is 0.354 e. The molecule has 102 valence electrons. The summed E-state index contributed by atoms with van der Waals surface area (Å²) < 4.78 is 1.62. The van der Waals surface area contributed by atoms with Crippen molar-refractivity contribution in [1.29, 1.82) is 0 Å². The van der Waals surface area contributed by atoms with Gasteiger partial charge < -0.3 is 5.32 Å². The fourth-order valence-electron chi connectivity index (χ4n) is 1.76. The first-order valence-corrected chi connectivity index (χ1v) is 7.00. The maximum absolute atomic E-state index is 4.54. The predicted octanol–water partition coefficient (Wildman–Crippen LogP) is 1.74. The minimum absolute atomic E-state index is 0.615. The van der Waals surface area contributed by atoms with Crippen LogP contribution >= 0.6 is 11.8 Å². The Morgan fingerprint density at radius 3 is 2.85 bits per heavy atom. The summed E-state index contributed by atoms with van der Waals surface area (Å²) in [5, 5.41) is 17.1. The highest BCUT2D eigenvalue weighted by Crippen LogP contribution is 2.30. The number of aromatic nitrogens is 6. The number of hydrogen-bond acceptors (Lipinski definition) is 7. The lowest BCUT2D eigenvalue weighted by Crippen LogP contribution is -2.03. The van der Waals surface area contributed by atoms with Crippen LogP contribution in [0.3, 0.4) is 0 Å². The molecule has 7 nitrogen and oxygen atoms in total. The number of fused-ring (bicyclic) bond motifs is 1. The monoisotopic (exact) mass is 287 g/mol. The van der Waals surface area contributed by atoms with E-state index in [1.807, 2.05) is 31.2 Å². The van der Waals surface area contributed by atoms with Gasteiger partial charge in [-0.15, -0.1) is 5.10 Å². The van der Waals surface area contributed by atoms with Crippen LogP contribution in [0.2, 0.25) is 0 Å². The molecule has 0 amide bonds. The minimum atomic E-state index is 0.615. The molecule has 0 spiro atoms. The highest BCUT2D eigenvalue weighted by molar-refractivity contribution is 7.99. The number of aryl methyl sites for hydroxylation is 1. The summed E-state index contributed by atoms with van der Waals surface area (Å²) in [7, 11) is 1.80. The van der Waals surface area contributed by atoms with Gasteiger partial charge in [-0.3, -0.25) is 0 Å². The molecular weight excluding hydrogens is 274 g/mol. The van der Waals surface area contributed by atoms with Crippen molar-refractivity contribution in [1.82, 2.24) is 30.2 Å². The van der Waals surface area contributed by atoms with E-state index < -0.39 is 0 Å². The lowest BCUT2D eigenvalue weighted by Gasteiger charge is -2.07. The lowest BCUT2D eigenvalue weighted by atomic mass is 10.2. The zero-order valence-electron chi connectivity index (χ0n) is 11.1. The van der Waals surface area contributed by atoms with Crippen molar-refractivity contribution in [3.8, 4) is 0 Å². The molecule has 0 aliphatic carbocycles. The summed E-state index contributed by atoms with van der Waals surface area (Å²) in [6.45, 7) is 2.78. The van der Waals surface area contributed by atoms with Crippen molar-refractivity contribution in [3.63, 3.8) is 0 Å². The molecule has 1 N–H and O–H groups in total. The molecule has 0 aliphatic rings. The summed E-state index contributed by atoms with van der Waals surface area (Å²) in [5.74, 6) is 0.615. The van der Waals surface area contributed by atoms with Crippen LogP contribution in [0, 0.1) is 0 Å². The standard InChI is InChI=1S/C12H13N7S/c1-3-13-11-14-9-7-5-4-6-8(9)10(15-11)20-12-16-17-18-19(12)2/h4-7H,3H2,1-2H3,(H,13,14,15). The number of nitrogens with one attached hydrogen (secondary N) is 1. The Hall–Kier alpha value is -2.22. The maximum Gasteiger partial charge on any atom is 0.224 e. The molecule has 3 rings (SSSR count). The average Bonchev–Trinajstić information content (AvgIpc) is 2.85. The number of benzene rings is 1. The number of nitrogens with zero attached hydrogens (tertiary/aromatic N) is 6. The van der Waals surface area contributed by atoms with Gasteiger partial charge in [-0.1, -0.05) is 18.2 Å². The van der Waals surface area contributed by atoms with Gasteiger partial charge in [0.2, 0.25) is 11.1 Å². The zero-order valence-corrected chi connectivity index (χ0v) is 11.9. The third kappa shape index (κ3) is 2.42. The number of rotatable bonds is 4. The van der Waals surface area contributed by atoms with Crippen LogP contribution in [0.5, 0.6) is 0 Å². The van der Waals surface area contributed by atoms with E-state index in [9.17, 15) is 0 Å². The number of tetrazole rings is 1. The summed E-state index contributed by atoms with van der Waals surface area (Å²) in [6.07, 6.45) is 0. The third-order valence-electron chi connectivity index (χ3n) is 2.67. The Morgan fingerprint density at radius 1 is 1.25 bits per heavy atom. The highest BCUT2D eigenvalue weighted by atomic mass is 32.2. The first-order chi connectivity index (χ1) is 9.78. The van der Waals surface area contributed by atoms with E-state index in [1.54, 1.807) is 11.7 Å². The second-order valence-electron chi connectivity index (χ2n) is 4.09. The van der Waals surface area contributed by atoms with E-state index in [4.69, 9.17) is 0 Å². The van der Waals surface area contributed by atoms with Crippen LogP contribution in [-0.2, 0) is 7.05 Å². The lowest BCUT2D eigenvalue weighted by molar-refractivity contribution is 0.664. The summed E-state index contributed by atoms with van der Waals surface area (Å²) in [4.78, 5) is 9.02. The molecule has 2 aromatic heterocycles. The molecule has 0 aliphatic heterocycles. The van der Waals surface area contributed by atoms with Crippen molar-refractivity contribution in [2.45, 2.75) is 17.1 Å². The van der Waals surface area contributed by atoms with E-state index in [-0.39, 0.29) is 0 Å². The summed E-state index contributed by atoms with van der Waals surface area (Å²) in [6, 6.07) is 7.90. The van der Waals surface area contributed by atoms with Crippen molar-refractivity contribution in [2.24, 2.45) is 7.05 Å². The highest BCUT2D eigenvalue weighted by Gasteiger charge is 2.12. The number of para-hydroxylation sites is 1. The van der Waals surface area contributed by atoms with Crippen LogP contribution in [0.15, 0.2) is 34.4 Å². The Balaban J connectivity index is 2.09. The van der Waals surface area contributed by atoms with Gasteiger partial charge in [-0.05, 0) is 35.2 Å². The third-order valence-corrected chi connectivity index (χ3v) is 3.71. The normalized spacial score (nSPS) is 10.9. The van der Waals surface area contributed by atoms with E-state index >= 15 is 0 Å². The van der Waals surface area contributed by atoms with Crippen molar-refractivity contribution in [3.05, 3.63) is 24.3 Å². The van der Waals surface area contributed by atoms with Gasteiger partial charge in [-0.25, -0.2) is 14.6 Å². The van der Waals surface area contributed by atoms with Gasteiger partial charge in [0.25, 0.3) is 0 Å². The van der Waals surface area contributed by atoms with E-state index in [0.717, 1.165) is 22.5 Å². The first-order valence-electron chi connectivity index (χ1n) is 6.19. The van der Waals surface area contributed by atoms with Crippen LogP contribution in [0.1, 0.15) is 6.92 Å². The number of anilines is 1. The molecule has 3 aromatic rings.